The fraction of sp³-hybridized carbons (Fsp3) is 0.276. The highest BCUT2D eigenvalue weighted by Crippen LogP contribution is 2.41. The van der Waals surface area contributed by atoms with Crippen LogP contribution < -0.4 is 14.4 Å². The van der Waals surface area contributed by atoms with E-state index < -0.39 is 0 Å². The summed E-state index contributed by atoms with van der Waals surface area (Å²) in [5.74, 6) is 2.29. The normalized spacial score (nSPS) is 14.6. The highest BCUT2D eigenvalue weighted by Gasteiger charge is 2.31. The Morgan fingerprint density at radius 3 is 2.21 bits per heavy atom. The molecule has 34 heavy (non-hydrogen) atoms. The molecule has 3 aromatic carbocycles. The lowest BCUT2D eigenvalue weighted by Gasteiger charge is -2.43. The summed E-state index contributed by atoms with van der Waals surface area (Å²) in [5.41, 5.74) is 5.36. The van der Waals surface area contributed by atoms with Crippen molar-refractivity contribution >= 4 is 34.8 Å². The summed E-state index contributed by atoms with van der Waals surface area (Å²) in [5, 5.41) is 0.702. The molecule has 0 fully saturated rings. The van der Waals surface area contributed by atoms with Gasteiger partial charge in [0.15, 0.2) is 0 Å². The SMILES string of the molecule is CCCN1c2cc(Cl)c(C=Nc3ccc(Oc4ccc(OC)cc4)cc3)cc2C(C)=CC1(C)C. The predicted molar refractivity (Wildman–Crippen MR) is 144 cm³/mol. The summed E-state index contributed by atoms with van der Waals surface area (Å²) in [6, 6.07) is 19.4. The number of nitrogens with zero attached hydrogens (tertiary/aromatic N) is 2. The van der Waals surface area contributed by atoms with E-state index in [9.17, 15) is 0 Å². The van der Waals surface area contributed by atoms with Gasteiger partial charge in [0.25, 0.3) is 0 Å². The summed E-state index contributed by atoms with van der Waals surface area (Å²) in [6.45, 7) is 9.86. The number of allylic oxidation sites excluding steroid dienone is 1. The molecule has 3 aromatic rings. The van der Waals surface area contributed by atoms with Crippen LogP contribution in [-0.4, -0.2) is 25.4 Å². The summed E-state index contributed by atoms with van der Waals surface area (Å²) >= 11 is 6.70. The Morgan fingerprint density at radius 1 is 0.971 bits per heavy atom. The highest BCUT2D eigenvalue weighted by molar-refractivity contribution is 6.33. The monoisotopic (exact) mass is 474 g/mol. The van der Waals surface area contributed by atoms with Crippen molar-refractivity contribution in [3.05, 3.63) is 82.9 Å². The summed E-state index contributed by atoms with van der Waals surface area (Å²) < 4.78 is 11.1. The summed E-state index contributed by atoms with van der Waals surface area (Å²) in [6.07, 6.45) is 5.25. The van der Waals surface area contributed by atoms with Crippen molar-refractivity contribution in [1.29, 1.82) is 0 Å². The van der Waals surface area contributed by atoms with E-state index in [-0.39, 0.29) is 5.54 Å². The maximum Gasteiger partial charge on any atom is 0.127 e. The van der Waals surface area contributed by atoms with E-state index in [1.165, 1.54) is 16.8 Å². The van der Waals surface area contributed by atoms with Gasteiger partial charge >= 0.3 is 0 Å². The minimum Gasteiger partial charge on any atom is -0.497 e. The molecule has 0 aromatic heterocycles. The Kier molecular flexibility index (Phi) is 6.99. The van der Waals surface area contributed by atoms with Crippen LogP contribution in [0, 0.1) is 0 Å². The van der Waals surface area contributed by atoms with E-state index in [0.717, 1.165) is 41.5 Å². The minimum absolute atomic E-state index is 0.0400. The number of hydrogen-bond acceptors (Lipinski definition) is 4. The first-order valence-electron chi connectivity index (χ1n) is 11.6. The number of anilines is 1. The van der Waals surface area contributed by atoms with Gasteiger partial charge < -0.3 is 14.4 Å². The van der Waals surface area contributed by atoms with Crippen molar-refractivity contribution in [2.24, 2.45) is 4.99 Å². The van der Waals surface area contributed by atoms with E-state index >= 15 is 0 Å². The maximum absolute atomic E-state index is 6.70. The standard InChI is InChI=1S/C29H31ClN2O2/c1-6-15-32-28-17-27(30)21(16-26(28)20(2)18-29(32,3)4)19-31-22-7-9-24(10-8-22)34-25-13-11-23(33-5)12-14-25/h7-14,16-19H,6,15H2,1-5H3. The summed E-state index contributed by atoms with van der Waals surface area (Å²) in [4.78, 5) is 7.09. The number of methoxy groups -OCH3 is 1. The Hall–Kier alpha value is -3.24. The molecule has 1 aliphatic rings. The quantitative estimate of drug-likeness (QED) is 0.323. The molecular formula is C29H31ClN2O2. The second-order valence-corrected chi connectivity index (χ2v) is 9.46. The first kappa shape index (κ1) is 23.9. The molecule has 0 amide bonds. The van der Waals surface area contributed by atoms with Gasteiger partial charge in [0.2, 0.25) is 0 Å². The molecule has 4 rings (SSSR count). The third-order valence-corrected chi connectivity index (χ3v) is 6.36. The van der Waals surface area contributed by atoms with Crippen molar-refractivity contribution in [2.45, 2.75) is 39.7 Å². The molecule has 0 radical (unpaired) electrons. The van der Waals surface area contributed by atoms with Crippen LogP contribution in [-0.2, 0) is 0 Å². The molecule has 0 unspecified atom stereocenters. The Bertz CT molecular complexity index is 1210. The Morgan fingerprint density at radius 2 is 1.59 bits per heavy atom. The van der Waals surface area contributed by atoms with Crippen LogP contribution in [0.5, 0.6) is 17.2 Å². The molecule has 176 valence electrons. The number of hydrogen-bond donors (Lipinski definition) is 0. The molecule has 0 aliphatic carbocycles. The van der Waals surface area contributed by atoms with E-state index in [4.69, 9.17) is 21.1 Å². The molecular weight excluding hydrogens is 444 g/mol. The van der Waals surface area contributed by atoms with Crippen LogP contribution in [0.25, 0.3) is 5.57 Å². The predicted octanol–water partition coefficient (Wildman–Crippen LogP) is 8.30. The molecule has 1 aliphatic heterocycles. The van der Waals surface area contributed by atoms with Crippen LogP contribution in [0.4, 0.5) is 11.4 Å². The topological polar surface area (TPSA) is 34.1 Å². The molecule has 0 atom stereocenters. The van der Waals surface area contributed by atoms with Gasteiger partial charge in [0, 0.05) is 29.6 Å². The first-order valence-corrected chi connectivity index (χ1v) is 12.0. The van der Waals surface area contributed by atoms with Crippen LogP contribution in [0.3, 0.4) is 0 Å². The lowest BCUT2D eigenvalue weighted by Crippen LogP contribution is -2.45. The second-order valence-electron chi connectivity index (χ2n) is 9.05. The van der Waals surface area contributed by atoms with Crippen LogP contribution in [0.15, 0.2) is 71.7 Å². The number of ether oxygens (including phenoxy) is 2. The lowest BCUT2D eigenvalue weighted by molar-refractivity contribution is 0.413. The van der Waals surface area contributed by atoms with Crippen LogP contribution in [0.1, 0.15) is 45.2 Å². The van der Waals surface area contributed by atoms with Crippen LogP contribution in [0.2, 0.25) is 5.02 Å². The average molecular weight is 475 g/mol. The van der Waals surface area contributed by atoms with E-state index in [2.05, 4.69) is 55.8 Å². The smallest absolute Gasteiger partial charge is 0.127 e. The third kappa shape index (κ3) is 5.13. The first-order chi connectivity index (χ1) is 16.3. The summed E-state index contributed by atoms with van der Waals surface area (Å²) in [7, 11) is 1.64. The zero-order valence-corrected chi connectivity index (χ0v) is 21.2. The molecule has 0 N–H and O–H groups in total. The Labute approximate surface area is 207 Å². The van der Waals surface area contributed by atoms with Gasteiger partial charge in [-0.2, -0.15) is 0 Å². The van der Waals surface area contributed by atoms with Gasteiger partial charge in [0.05, 0.1) is 23.4 Å². The zero-order chi connectivity index (χ0) is 24.3. The number of halogens is 1. The number of benzene rings is 3. The van der Waals surface area contributed by atoms with E-state index in [0.29, 0.717) is 5.02 Å². The Balaban J connectivity index is 1.53. The zero-order valence-electron chi connectivity index (χ0n) is 20.4. The van der Waals surface area contributed by atoms with E-state index in [1.807, 2.05) is 54.7 Å². The lowest BCUT2D eigenvalue weighted by atomic mass is 9.88. The molecule has 1 heterocycles. The van der Waals surface area contributed by atoms with Gasteiger partial charge in [0.1, 0.15) is 17.2 Å². The van der Waals surface area contributed by atoms with Crippen LogP contribution >= 0.6 is 11.6 Å². The fourth-order valence-electron chi connectivity index (χ4n) is 4.37. The van der Waals surface area contributed by atoms with Gasteiger partial charge in [-0.05, 0) is 93.4 Å². The molecule has 5 heteroatoms. The van der Waals surface area contributed by atoms with E-state index in [1.54, 1.807) is 7.11 Å². The van der Waals surface area contributed by atoms with Gasteiger partial charge in [-0.3, -0.25) is 4.99 Å². The number of fused-ring (bicyclic) bond motifs is 1. The number of rotatable bonds is 7. The fourth-order valence-corrected chi connectivity index (χ4v) is 4.58. The van der Waals surface area contributed by atoms with Gasteiger partial charge in [-0.15, -0.1) is 0 Å². The molecule has 0 bridgehead atoms. The molecule has 0 spiro atoms. The highest BCUT2D eigenvalue weighted by atomic mass is 35.5. The number of aliphatic imine (C=N–C) groups is 1. The van der Waals surface area contributed by atoms with Crippen molar-refractivity contribution in [3.8, 4) is 17.2 Å². The average Bonchev–Trinajstić information content (AvgIpc) is 2.82. The molecule has 0 saturated heterocycles. The second kappa shape index (κ2) is 9.94. The van der Waals surface area contributed by atoms with Crippen molar-refractivity contribution in [3.63, 3.8) is 0 Å². The molecule has 0 saturated carbocycles. The minimum atomic E-state index is -0.0400. The third-order valence-electron chi connectivity index (χ3n) is 6.03. The van der Waals surface area contributed by atoms with Crippen molar-refractivity contribution in [2.75, 3.05) is 18.6 Å². The van der Waals surface area contributed by atoms with Crippen molar-refractivity contribution < 1.29 is 9.47 Å². The van der Waals surface area contributed by atoms with Gasteiger partial charge in [-0.1, -0.05) is 24.6 Å². The largest absolute Gasteiger partial charge is 0.497 e. The maximum atomic E-state index is 6.70. The molecule has 4 nitrogen and oxygen atoms in total. The van der Waals surface area contributed by atoms with Crippen molar-refractivity contribution in [1.82, 2.24) is 0 Å². The van der Waals surface area contributed by atoms with Gasteiger partial charge in [-0.25, -0.2) is 0 Å².